The maximum Gasteiger partial charge on any atom is 0.261 e. The first-order valence-electron chi connectivity index (χ1n) is 10.4. The average Bonchev–Trinajstić information content (AvgIpc) is 2.63. The molecule has 0 spiro atoms. The number of hydrogen-bond donors (Lipinski definition) is 0. The lowest BCUT2D eigenvalue weighted by Gasteiger charge is -2.34. The largest absolute Gasteiger partial charge is 0.519 e. The smallest absolute Gasteiger partial charge is 0.261 e. The predicted octanol–water partition coefficient (Wildman–Crippen LogP) is 7.34. The minimum Gasteiger partial charge on any atom is -0.519 e. The predicted molar refractivity (Wildman–Crippen MR) is 108 cm³/mol. The minimum absolute atomic E-state index is 0.208. The van der Waals surface area contributed by atoms with E-state index in [0.717, 1.165) is 12.4 Å². The van der Waals surface area contributed by atoms with Gasteiger partial charge in [-0.25, -0.2) is 0 Å². The van der Waals surface area contributed by atoms with Crippen molar-refractivity contribution < 1.29 is 9.16 Å². The Hall–Kier alpha value is -0.703. The van der Waals surface area contributed by atoms with Crippen molar-refractivity contribution >= 4 is 8.32 Å². The first-order chi connectivity index (χ1) is 11.7. The van der Waals surface area contributed by atoms with Crippen LogP contribution >= 0.6 is 0 Å². The zero-order valence-corrected chi connectivity index (χ0v) is 17.6. The number of rotatable bonds is 13. The molecule has 0 N–H and O–H groups in total. The van der Waals surface area contributed by atoms with E-state index in [0.29, 0.717) is 0 Å². The molecular weight excluding hydrogens is 312 g/mol. The maximum atomic E-state index is 6.74. The van der Waals surface area contributed by atoms with Crippen LogP contribution < -0.4 is 0 Å². The number of hydrogen-bond acceptors (Lipinski definition) is 2. The second-order valence-corrected chi connectivity index (χ2v) is 11.3. The number of unbranched alkanes of at least 4 members (excludes halogenated alkanes) is 3. The molecule has 140 valence electrons. The van der Waals surface area contributed by atoms with E-state index >= 15 is 0 Å². The lowest BCUT2D eigenvalue weighted by molar-refractivity contribution is 0.0547. The number of ether oxygens (including phenoxy) is 1. The van der Waals surface area contributed by atoms with Crippen LogP contribution in [0.25, 0.3) is 0 Å². The highest BCUT2D eigenvalue weighted by Crippen LogP contribution is 2.32. The van der Waals surface area contributed by atoms with E-state index < -0.39 is 8.32 Å². The first-order valence-corrected chi connectivity index (χ1v) is 12.9. The van der Waals surface area contributed by atoms with Gasteiger partial charge >= 0.3 is 0 Å². The Balaban J connectivity index is 2.79. The van der Waals surface area contributed by atoms with Crippen molar-refractivity contribution in [3.8, 4) is 0 Å². The molecule has 0 saturated heterocycles. The fourth-order valence-corrected chi connectivity index (χ4v) is 8.06. The molecule has 0 aromatic heterocycles. The summed E-state index contributed by atoms with van der Waals surface area (Å²) in [4.78, 5) is 0. The van der Waals surface area contributed by atoms with Gasteiger partial charge in [0.05, 0.1) is 0 Å². The summed E-state index contributed by atoms with van der Waals surface area (Å²) in [5, 5.41) is 0. The minimum atomic E-state index is -1.74. The van der Waals surface area contributed by atoms with E-state index in [-0.39, 0.29) is 6.10 Å². The highest BCUT2D eigenvalue weighted by atomic mass is 28.4. The van der Waals surface area contributed by atoms with Crippen LogP contribution in [-0.2, 0) is 9.16 Å². The van der Waals surface area contributed by atoms with E-state index in [2.05, 4.69) is 39.8 Å². The Morgan fingerprint density at radius 2 is 1.62 bits per heavy atom. The first kappa shape index (κ1) is 21.3. The molecule has 0 amide bonds. The van der Waals surface area contributed by atoms with Gasteiger partial charge in [0.2, 0.25) is 0 Å². The van der Waals surface area contributed by atoms with E-state index in [1.165, 1.54) is 69.5 Å². The van der Waals surface area contributed by atoms with Crippen molar-refractivity contribution in [1.29, 1.82) is 0 Å². The van der Waals surface area contributed by atoms with Crippen LogP contribution in [0.4, 0.5) is 0 Å². The zero-order chi connectivity index (χ0) is 17.7. The van der Waals surface area contributed by atoms with E-state index in [1.54, 1.807) is 0 Å². The fraction of sp³-hybridized carbons (Fsp3) is 0.810. The molecule has 1 aliphatic carbocycles. The quantitative estimate of drug-likeness (QED) is 0.196. The molecule has 24 heavy (non-hydrogen) atoms. The second-order valence-electron chi connectivity index (χ2n) is 7.22. The van der Waals surface area contributed by atoms with Gasteiger partial charge in [0.25, 0.3) is 14.3 Å². The molecule has 2 nitrogen and oxygen atoms in total. The third-order valence-corrected chi connectivity index (χ3v) is 9.42. The third-order valence-electron chi connectivity index (χ3n) is 4.99. The summed E-state index contributed by atoms with van der Waals surface area (Å²) in [6.45, 7) is 8.93. The Labute approximate surface area is 151 Å². The van der Waals surface area contributed by atoms with Gasteiger partial charge < -0.3 is 9.16 Å². The van der Waals surface area contributed by atoms with Gasteiger partial charge in [0.1, 0.15) is 6.10 Å². The van der Waals surface area contributed by atoms with E-state index in [9.17, 15) is 0 Å². The fourth-order valence-electron chi connectivity index (χ4n) is 3.42. The van der Waals surface area contributed by atoms with E-state index in [4.69, 9.17) is 9.16 Å². The van der Waals surface area contributed by atoms with Crippen LogP contribution in [0.5, 0.6) is 0 Å². The Bertz CT molecular complexity index is 354. The van der Waals surface area contributed by atoms with Crippen molar-refractivity contribution in [2.75, 3.05) is 0 Å². The highest BCUT2D eigenvalue weighted by molar-refractivity contribution is 6.74. The van der Waals surface area contributed by atoms with Crippen molar-refractivity contribution in [2.45, 2.75) is 110 Å². The molecule has 0 bridgehead atoms. The molecule has 1 aliphatic rings. The monoisotopic (exact) mass is 352 g/mol. The maximum absolute atomic E-state index is 6.74. The molecule has 0 aliphatic heterocycles. The molecule has 0 saturated carbocycles. The van der Waals surface area contributed by atoms with Crippen molar-refractivity contribution in [1.82, 2.24) is 0 Å². The van der Waals surface area contributed by atoms with Crippen LogP contribution in [0, 0.1) is 0 Å². The van der Waals surface area contributed by atoms with Gasteiger partial charge in [-0.3, -0.25) is 0 Å². The van der Waals surface area contributed by atoms with E-state index in [1.807, 2.05) is 6.08 Å². The second kappa shape index (κ2) is 12.6. The van der Waals surface area contributed by atoms with Gasteiger partial charge in [0.15, 0.2) is 0 Å². The topological polar surface area (TPSA) is 18.5 Å². The lowest BCUT2D eigenvalue weighted by atomic mass is 10.1. The number of allylic oxidation sites excluding steroid dienone is 2. The van der Waals surface area contributed by atoms with Crippen molar-refractivity contribution in [3.05, 3.63) is 24.2 Å². The molecule has 0 unspecified atom stereocenters. The molecule has 0 aromatic rings. The Kier molecular flexibility index (Phi) is 11.2. The summed E-state index contributed by atoms with van der Waals surface area (Å²) in [7, 11) is -1.74. The highest BCUT2D eigenvalue weighted by Gasteiger charge is 2.36. The summed E-state index contributed by atoms with van der Waals surface area (Å²) in [6.07, 6.45) is 17.9. The van der Waals surface area contributed by atoms with Crippen LogP contribution in [0.2, 0.25) is 18.1 Å². The SMILES string of the molecule is C/C=C(/O[C@@H]1C=CCCC1)O[Si](CCCC)(CCCC)CCCC. The molecule has 0 fully saturated rings. The molecule has 0 heterocycles. The van der Waals surface area contributed by atoms with Crippen LogP contribution in [0.1, 0.15) is 85.5 Å². The average molecular weight is 353 g/mol. The van der Waals surface area contributed by atoms with Gasteiger partial charge in [0, 0.05) is 0 Å². The molecule has 1 rings (SSSR count). The third kappa shape index (κ3) is 7.91. The standard InChI is InChI=1S/C21H40O2Si/c1-5-9-17-24(18-10-6-2,19-11-7-3)23-21(8-4)22-20-15-13-12-14-16-20/h8,13,15,20H,5-7,9-12,14,16-19H2,1-4H3/b21-8-/t20-/m1/s1. The zero-order valence-electron chi connectivity index (χ0n) is 16.6. The summed E-state index contributed by atoms with van der Waals surface area (Å²) in [5.74, 6) is 0.807. The lowest BCUT2D eigenvalue weighted by Crippen LogP contribution is -2.38. The summed E-state index contributed by atoms with van der Waals surface area (Å²) in [6, 6.07) is 3.85. The summed E-state index contributed by atoms with van der Waals surface area (Å²) < 4.78 is 13.0. The van der Waals surface area contributed by atoms with Gasteiger partial charge in [-0.1, -0.05) is 65.4 Å². The molecular formula is C21H40O2Si. The summed E-state index contributed by atoms with van der Waals surface area (Å²) in [5.41, 5.74) is 0. The van der Waals surface area contributed by atoms with Gasteiger partial charge in [-0.15, -0.1) is 0 Å². The molecule has 3 heteroatoms. The van der Waals surface area contributed by atoms with Crippen molar-refractivity contribution in [2.24, 2.45) is 0 Å². The Morgan fingerprint density at radius 3 is 2.04 bits per heavy atom. The molecule has 1 atom stereocenters. The summed E-state index contributed by atoms with van der Waals surface area (Å²) >= 11 is 0. The molecule has 0 aromatic carbocycles. The van der Waals surface area contributed by atoms with Gasteiger partial charge in [-0.05, 0) is 56.5 Å². The Morgan fingerprint density at radius 1 is 1.04 bits per heavy atom. The van der Waals surface area contributed by atoms with Gasteiger partial charge in [-0.2, -0.15) is 0 Å². The van der Waals surface area contributed by atoms with Crippen molar-refractivity contribution in [3.63, 3.8) is 0 Å². The molecule has 0 radical (unpaired) electrons. The normalized spacial score (nSPS) is 18.7. The van der Waals surface area contributed by atoms with Crippen LogP contribution in [-0.4, -0.2) is 14.4 Å². The van der Waals surface area contributed by atoms with Crippen LogP contribution in [0.15, 0.2) is 24.2 Å². The van der Waals surface area contributed by atoms with Crippen LogP contribution in [0.3, 0.4) is 0 Å².